The standard InChI is InChI=1S/C19H24FN3O3/c1-3-5-14-11-17(23(2)22-14)19(24)21-16-12-25-9-8-18(16)26-15-7-4-6-13(20)10-15/h4,6-7,10-11,16,18H,3,5,8-9,12H2,1-2H3,(H,21,24)/t16-,18+/m1/s1. The van der Waals surface area contributed by atoms with Gasteiger partial charge in [0.05, 0.1) is 24.9 Å². The van der Waals surface area contributed by atoms with Crippen molar-refractivity contribution in [3.8, 4) is 5.75 Å². The van der Waals surface area contributed by atoms with Crippen LogP contribution in [0.25, 0.3) is 0 Å². The number of nitrogens with one attached hydrogen (secondary N) is 1. The van der Waals surface area contributed by atoms with E-state index in [2.05, 4.69) is 17.3 Å². The highest BCUT2D eigenvalue weighted by molar-refractivity contribution is 5.92. The van der Waals surface area contributed by atoms with E-state index in [1.165, 1.54) is 12.1 Å². The molecule has 2 heterocycles. The van der Waals surface area contributed by atoms with Gasteiger partial charge in [0.1, 0.15) is 23.4 Å². The average molecular weight is 361 g/mol. The number of amides is 1. The summed E-state index contributed by atoms with van der Waals surface area (Å²) < 4.78 is 26.4. The number of aromatic nitrogens is 2. The number of aryl methyl sites for hydroxylation is 2. The highest BCUT2D eigenvalue weighted by Gasteiger charge is 2.30. The number of nitrogens with zero attached hydrogens (tertiary/aromatic N) is 2. The fraction of sp³-hybridized carbons (Fsp3) is 0.474. The van der Waals surface area contributed by atoms with E-state index in [9.17, 15) is 9.18 Å². The quantitative estimate of drug-likeness (QED) is 0.858. The number of carbonyl (C=O) groups excluding carboxylic acids is 1. The Bertz CT molecular complexity index is 762. The summed E-state index contributed by atoms with van der Waals surface area (Å²) in [5, 5.41) is 7.34. The number of carbonyl (C=O) groups is 1. The molecule has 1 aliphatic rings. The van der Waals surface area contributed by atoms with E-state index in [0.717, 1.165) is 18.5 Å². The number of benzene rings is 1. The van der Waals surface area contributed by atoms with Crippen LogP contribution in [0.1, 0.15) is 35.9 Å². The summed E-state index contributed by atoms with van der Waals surface area (Å²) in [6.07, 6.45) is 2.14. The summed E-state index contributed by atoms with van der Waals surface area (Å²) in [7, 11) is 1.76. The molecule has 7 heteroatoms. The van der Waals surface area contributed by atoms with Crippen LogP contribution in [0.15, 0.2) is 30.3 Å². The van der Waals surface area contributed by atoms with Crippen LogP contribution in [-0.4, -0.2) is 41.0 Å². The predicted octanol–water partition coefficient (Wildman–Crippen LogP) is 2.48. The van der Waals surface area contributed by atoms with Crippen molar-refractivity contribution in [3.05, 3.63) is 47.5 Å². The van der Waals surface area contributed by atoms with Crippen LogP contribution in [0.5, 0.6) is 5.75 Å². The molecule has 0 bridgehead atoms. The van der Waals surface area contributed by atoms with Crippen molar-refractivity contribution in [2.24, 2.45) is 7.05 Å². The second-order valence-electron chi connectivity index (χ2n) is 6.45. The Hall–Kier alpha value is -2.41. The number of ether oxygens (including phenoxy) is 2. The smallest absolute Gasteiger partial charge is 0.269 e. The van der Waals surface area contributed by atoms with Gasteiger partial charge in [0.2, 0.25) is 0 Å². The average Bonchev–Trinajstić information content (AvgIpc) is 2.97. The Morgan fingerprint density at radius 2 is 2.31 bits per heavy atom. The van der Waals surface area contributed by atoms with E-state index >= 15 is 0 Å². The van der Waals surface area contributed by atoms with Gasteiger partial charge >= 0.3 is 0 Å². The molecule has 2 aromatic rings. The number of halogens is 1. The van der Waals surface area contributed by atoms with Crippen molar-refractivity contribution >= 4 is 5.91 Å². The fourth-order valence-electron chi connectivity index (χ4n) is 3.07. The molecule has 1 aliphatic heterocycles. The van der Waals surface area contributed by atoms with E-state index in [-0.39, 0.29) is 23.9 Å². The molecule has 2 atom stereocenters. The Kier molecular flexibility index (Phi) is 5.88. The van der Waals surface area contributed by atoms with E-state index in [1.54, 1.807) is 23.9 Å². The van der Waals surface area contributed by atoms with E-state index in [0.29, 0.717) is 31.1 Å². The van der Waals surface area contributed by atoms with Crippen LogP contribution >= 0.6 is 0 Å². The Labute approximate surface area is 152 Å². The largest absolute Gasteiger partial charge is 0.488 e. The van der Waals surface area contributed by atoms with E-state index < -0.39 is 0 Å². The number of hydrogen-bond acceptors (Lipinski definition) is 4. The fourth-order valence-corrected chi connectivity index (χ4v) is 3.07. The first-order chi connectivity index (χ1) is 12.6. The van der Waals surface area contributed by atoms with Crippen molar-refractivity contribution in [2.75, 3.05) is 13.2 Å². The minimum Gasteiger partial charge on any atom is -0.488 e. The van der Waals surface area contributed by atoms with E-state index in [1.807, 2.05) is 6.07 Å². The minimum absolute atomic E-state index is 0.217. The summed E-state index contributed by atoms with van der Waals surface area (Å²) in [5.41, 5.74) is 1.40. The van der Waals surface area contributed by atoms with Crippen LogP contribution < -0.4 is 10.1 Å². The van der Waals surface area contributed by atoms with Gasteiger partial charge in [-0.05, 0) is 24.6 Å². The lowest BCUT2D eigenvalue weighted by molar-refractivity contribution is -0.00309. The van der Waals surface area contributed by atoms with Crippen LogP contribution in [0.4, 0.5) is 4.39 Å². The second kappa shape index (κ2) is 8.31. The van der Waals surface area contributed by atoms with Crippen LogP contribution in [0.3, 0.4) is 0 Å². The van der Waals surface area contributed by atoms with Crippen molar-refractivity contribution in [1.82, 2.24) is 15.1 Å². The van der Waals surface area contributed by atoms with E-state index in [4.69, 9.17) is 9.47 Å². The zero-order valence-electron chi connectivity index (χ0n) is 15.1. The molecule has 1 amide bonds. The third-order valence-electron chi connectivity index (χ3n) is 4.36. The van der Waals surface area contributed by atoms with Gasteiger partial charge in [0.25, 0.3) is 5.91 Å². The number of rotatable bonds is 6. The van der Waals surface area contributed by atoms with Gasteiger partial charge in [-0.3, -0.25) is 9.48 Å². The van der Waals surface area contributed by atoms with Crippen molar-refractivity contribution in [1.29, 1.82) is 0 Å². The van der Waals surface area contributed by atoms with Gasteiger partial charge < -0.3 is 14.8 Å². The van der Waals surface area contributed by atoms with Gasteiger partial charge in [-0.2, -0.15) is 5.10 Å². The molecule has 1 aromatic carbocycles. The van der Waals surface area contributed by atoms with Crippen LogP contribution in [-0.2, 0) is 18.2 Å². The summed E-state index contributed by atoms with van der Waals surface area (Å²) in [5.74, 6) is -0.124. The SMILES string of the molecule is CCCc1cc(C(=O)N[C@@H]2COCC[C@@H]2Oc2cccc(F)c2)n(C)n1. The third kappa shape index (κ3) is 4.40. The highest BCUT2D eigenvalue weighted by atomic mass is 19.1. The van der Waals surface area contributed by atoms with Gasteiger partial charge in [0.15, 0.2) is 0 Å². The molecule has 0 radical (unpaired) electrons. The lowest BCUT2D eigenvalue weighted by Crippen LogP contribution is -2.52. The first-order valence-electron chi connectivity index (χ1n) is 8.90. The molecule has 0 spiro atoms. The molecule has 0 aliphatic carbocycles. The lowest BCUT2D eigenvalue weighted by atomic mass is 10.1. The molecule has 6 nitrogen and oxygen atoms in total. The monoisotopic (exact) mass is 361 g/mol. The molecule has 3 rings (SSSR count). The van der Waals surface area contributed by atoms with Gasteiger partial charge in [-0.25, -0.2) is 4.39 Å². The lowest BCUT2D eigenvalue weighted by Gasteiger charge is -2.32. The maximum absolute atomic E-state index is 13.4. The highest BCUT2D eigenvalue weighted by Crippen LogP contribution is 2.19. The summed E-state index contributed by atoms with van der Waals surface area (Å²) >= 11 is 0. The third-order valence-corrected chi connectivity index (χ3v) is 4.36. The molecule has 0 unspecified atom stereocenters. The van der Waals surface area contributed by atoms with Crippen LogP contribution in [0.2, 0.25) is 0 Å². The van der Waals surface area contributed by atoms with Crippen LogP contribution in [0, 0.1) is 5.82 Å². The first kappa shape index (κ1) is 18.4. The predicted molar refractivity (Wildman–Crippen MR) is 94.7 cm³/mol. The topological polar surface area (TPSA) is 65.4 Å². The molecule has 0 saturated carbocycles. The molecule has 1 saturated heterocycles. The molecule has 1 fully saturated rings. The van der Waals surface area contributed by atoms with Crippen molar-refractivity contribution in [3.63, 3.8) is 0 Å². The molecular formula is C19H24FN3O3. The zero-order valence-corrected chi connectivity index (χ0v) is 15.1. The Morgan fingerprint density at radius 3 is 3.08 bits per heavy atom. The molecule has 140 valence electrons. The zero-order chi connectivity index (χ0) is 18.5. The molecule has 26 heavy (non-hydrogen) atoms. The normalized spacial score (nSPS) is 20.0. The second-order valence-corrected chi connectivity index (χ2v) is 6.45. The van der Waals surface area contributed by atoms with Gasteiger partial charge in [0, 0.05) is 19.5 Å². The number of hydrogen-bond donors (Lipinski definition) is 1. The molecule has 1 N–H and O–H groups in total. The summed E-state index contributed by atoms with van der Waals surface area (Å²) in [6, 6.07) is 7.51. The maximum Gasteiger partial charge on any atom is 0.269 e. The molecule has 1 aromatic heterocycles. The maximum atomic E-state index is 13.4. The minimum atomic E-state index is -0.353. The summed E-state index contributed by atoms with van der Waals surface area (Å²) in [6.45, 7) is 2.96. The van der Waals surface area contributed by atoms with Gasteiger partial charge in [-0.1, -0.05) is 19.4 Å². The molecular weight excluding hydrogens is 337 g/mol. The van der Waals surface area contributed by atoms with Gasteiger partial charge in [-0.15, -0.1) is 0 Å². The first-order valence-corrected chi connectivity index (χ1v) is 8.90. The Balaban J connectivity index is 1.68. The van der Waals surface area contributed by atoms with Crippen molar-refractivity contribution in [2.45, 2.75) is 38.3 Å². The van der Waals surface area contributed by atoms with Crippen molar-refractivity contribution < 1.29 is 18.7 Å². The summed E-state index contributed by atoms with van der Waals surface area (Å²) in [4.78, 5) is 12.7. The Morgan fingerprint density at radius 1 is 1.46 bits per heavy atom.